The van der Waals surface area contributed by atoms with Gasteiger partial charge in [0.1, 0.15) is 0 Å². The Morgan fingerprint density at radius 3 is 0.971 bits per heavy atom. The third-order valence-electron chi connectivity index (χ3n) is 7.21. The summed E-state index contributed by atoms with van der Waals surface area (Å²) in [6.07, 6.45) is 26.6. The van der Waals surface area contributed by atoms with Crippen molar-refractivity contribution in [3.63, 3.8) is 0 Å². The Labute approximate surface area is 232 Å². The summed E-state index contributed by atoms with van der Waals surface area (Å²) in [6, 6.07) is 0. The van der Waals surface area contributed by atoms with Crippen molar-refractivity contribution in [1.29, 1.82) is 0 Å². The molecule has 0 amide bonds. The third-order valence-corrected chi connectivity index (χ3v) is 38.1. The predicted molar refractivity (Wildman–Crippen MR) is 161 cm³/mol. The molecule has 0 radical (unpaired) electrons. The van der Waals surface area contributed by atoms with Gasteiger partial charge in [-0.25, -0.2) is 0 Å². The number of hydrogen-bond donors (Lipinski definition) is 0. The van der Waals surface area contributed by atoms with Crippen LogP contribution in [-0.4, -0.2) is 51.6 Å². The maximum atomic E-state index is 7.15. The second-order valence-corrected chi connectivity index (χ2v) is 33.2. The van der Waals surface area contributed by atoms with Crippen molar-refractivity contribution in [2.45, 2.75) is 175 Å². The van der Waals surface area contributed by atoms with Crippen molar-refractivity contribution in [3.8, 4) is 0 Å². The molecule has 0 aliphatic rings. The molecule has 0 aliphatic carbocycles. The van der Waals surface area contributed by atoms with E-state index in [2.05, 4.69) is 37.6 Å². The molecule has 0 spiro atoms. The van der Waals surface area contributed by atoms with E-state index < -0.39 is 38.4 Å². The van der Waals surface area contributed by atoms with E-state index >= 15 is 0 Å². The van der Waals surface area contributed by atoms with Gasteiger partial charge in [-0.15, -0.1) is 0 Å². The molecule has 0 aromatic heterocycles. The molecular formula is C30H66O3Sn2. The van der Waals surface area contributed by atoms with Crippen LogP contribution in [-0.2, 0) is 7.56 Å². The van der Waals surface area contributed by atoms with Gasteiger partial charge in [0.2, 0.25) is 0 Å². The summed E-state index contributed by atoms with van der Waals surface area (Å²) >= 11 is -6.08. The van der Waals surface area contributed by atoms with Crippen LogP contribution in [0.25, 0.3) is 0 Å². The molecule has 0 aromatic rings. The summed E-state index contributed by atoms with van der Waals surface area (Å²) in [5.41, 5.74) is 0. The van der Waals surface area contributed by atoms with Gasteiger partial charge in [-0.1, -0.05) is 0 Å². The zero-order valence-electron chi connectivity index (χ0n) is 25.2. The van der Waals surface area contributed by atoms with Gasteiger partial charge < -0.3 is 0 Å². The van der Waals surface area contributed by atoms with Crippen LogP contribution >= 0.6 is 0 Å². The van der Waals surface area contributed by atoms with Crippen molar-refractivity contribution in [2.75, 3.05) is 13.2 Å². The Kier molecular flexibility index (Phi) is 26.8. The molecule has 2 atom stereocenters. The fourth-order valence-electron chi connectivity index (χ4n) is 4.81. The molecule has 0 saturated carbocycles. The second kappa shape index (κ2) is 25.7. The average molecular weight is 712 g/mol. The van der Waals surface area contributed by atoms with E-state index in [1.54, 1.807) is 0 Å². The standard InChI is InChI=1S/2C10H21O.2C4H9.2CH3.O.2Sn/c2*1-2-3-4-5-6-7-8-9-10-11;2*1-3-4-2;;;;;/h2*2-10H2,1H3;2*1,3-4H2,2H3;2*1H3;;;/q2*-1;;;;;;2*+1. The second-order valence-electron chi connectivity index (χ2n) is 11.2. The molecule has 0 N–H and O–H groups in total. The van der Waals surface area contributed by atoms with Gasteiger partial charge in [0.05, 0.1) is 0 Å². The van der Waals surface area contributed by atoms with E-state index in [-0.39, 0.29) is 0 Å². The van der Waals surface area contributed by atoms with E-state index in [1.807, 2.05) is 0 Å². The van der Waals surface area contributed by atoms with Gasteiger partial charge >= 0.3 is 234 Å². The maximum absolute atomic E-state index is 7.15. The summed E-state index contributed by atoms with van der Waals surface area (Å²) in [5.74, 6) is 0. The minimum atomic E-state index is -3.04. The van der Waals surface area contributed by atoms with Gasteiger partial charge in [0, 0.05) is 0 Å². The van der Waals surface area contributed by atoms with Crippen LogP contribution in [0, 0.1) is 0 Å². The molecule has 0 heterocycles. The summed E-state index contributed by atoms with van der Waals surface area (Å²) in [7, 11) is 0. The van der Waals surface area contributed by atoms with Gasteiger partial charge in [0.25, 0.3) is 0 Å². The van der Waals surface area contributed by atoms with Gasteiger partial charge in [0.15, 0.2) is 0 Å². The summed E-state index contributed by atoms with van der Waals surface area (Å²) in [5, 5.41) is 0. The average Bonchev–Trinajstić information content (AvgIpc) is 2.84. The topological polar surface area (TPSA) is 27.7 Å². The molecule has 0 aliphatic heterocycles. The Hall–Kier alpha value is 1.48. The van der Waals surface area contributed by atoms with Crippen LogP contribution in [0.3, 0.4) is 0 Å². The van der Waals surface area contributed by atoms with Crippen LogP contribution in [0.4, 0.5) is 0 Å². The van der Waals surface area contributed by atoms with Gasteiger partial charge in [-0.2, -0.15) is 0 Å². The molecule has 2 unspecified atom stereocenters. The van der Waals surface area contributed by atoms with Gasteiger partial charge in [-0.05, 0) is 0 Å². The Morgan fingerprint density at radius 2 is 0.657 bits per heavy atom. The molecular weight excluding hydrogens is 646 g/mol. The molecule has 212 valence electrons. The quantitative estimate of drug-likeness (QED) is 0.0597. The molecule has 5 heteroatoms. The zero-order chi connectivity index (χ0) is 26.1. The number of unbranched alkanes of at least 4 members (excludes halogenated alkanes) is 16. The summed E-state index contributed by atoms with van der Waals surface area (Å²) < 4.78 is 23.0. The van der Waals surface area contributed by atoms with Crippen molar-refractivity contribution < 1.29 is 7.56 Å². The van der Waals surface area contributed by atoms with Crippen molar-refractivity contribution in [3.05, 3.63) is 0 Å². The van der Waals surface area contributed by atoms with Crippen molar-refractivity contribution in [2.24, 2.45) is 0 Å². The number of hydrogen-bond acceptors (Lipinski definition) is 3. The van der Waals surface area contributed by atoms with E-state index in [9.17, 15) is 0 Å². The van der Waals surface area contributed by atoms with Crippen molar-refractivity contribution in [1.82, 2.24) is 0 Å². The molecule has 0 rings (SSSR count). The molecule has 0 aromatic carbocycles. The Morgan fingerprint density at radius 1 is 0.371 bits per heavy atom. The first-order chi connectivity index (χ1) is 16.9. The zero-order valence-corrected chi connectivity index (χ0v) is 30.9. The molecule has 0 saturated heterocycles. The summed E-state index contributed by atoms with van der Waals surface area (Å²) in [4.78, 5) is 4.83. The van der Waals surface area contributed by atoms with E-state index in [4.69, 9.17) is 7.56 Å². The Balaban J connectivity index is 4.51. The van der Waals surface area contributed by atoms with E-state index in [1.165, 1.54) is 137 Å². The first-order valence-electron chi connectivity index (χ1n) is 15.9. The summed E-state index contributed by atoms with van der Waals surface area (Å²) in [6.45, 7) is 11.0. The normalized spacial score (nSPS) is 15.3. The third kappa shape index (κ3) is 23.1. The molecule has 0 fully saturated rings. The monoisotopic (exact) mass is 714 g/mol. The van der Waals surface area contributed by atoms with Crippen LogP contribution in [0.15, 0.2) is 0 Å². The van der Waals surface area contributed by atoms with Crippen LogP contribution in [0.2, 0.25) is 18.8 Å². The number of rotatable bonds is 28. The van der Waals surface area contributed by atoms with Crippen LogP contribution in [0.5, 0.6) is 0 Å². The minimum absolute atomic E-state index is 0.916. The fourth-order valence-corrected chi connectivity index (χ4v) is 41.8. The molecule has 35 heavy (non-hydrogen) atoms. The van der Waals surface area contributed by atoms with Crippen LogP contribution in [0.1, 0.15) is 156 Å². The Bertz CT molecular complexity index is 400. The predicted octanol–water partition coefficient (Wildman–Crippen LogP) is 11.1. The molecule has 0 bridgehead atoms. The van der Waals surface area contributed by atoms with Crippen molar-refractivity contribution >= 4 is 38.4 Å². The first kappa shape index (κ1) is 36.5. The van der Waals surface area contributed by atoms with E-state index in [0.717, 1.165) is 13.2 Å². The SMILES string of the molecule is CCCCCCCCCC[O][Sn]([CH3])([CH2]CCC)[O][Sn]([CH3])([CH2]CCC)[O]CCCCCCCCCC. The van der Waals surface area contributed by atoms with Crippen LogP contribution < -0.4 is 0 Å². The first-order valence-corrected chi connectivity index (χ1v) is 30.3. The molecule has 3 nitrogen and oxygen atoms in total. The fraction of sp³-hybridized carbons (Fsp3) is 1.00. The van der Waals surface area contributed by atoms with Gasteiger partial charge in [-0.3, -0.25) is 0 Å². The van der Waals surface area contributed by atoms with E-state index in [0.29, 0.717) is 0 Å².